The molecule has 2 saturated carbocycles. The lowest BCUT2D eigenvalue weighted by Gasteiger charge is -2.31. The Hall–Kier alpha value is -0.180. The summed E-state index contributed by atoms with van der Waals surface area (Å²) < 4.78 is 0. The summed E-state index contributed by atoms with van der Waals surface area (Å²) in [6.07, 6.45) is 8.31. The summed E-state index contributed by atoms with van der Waals surface area (Å²) >= 11 is 1.97. The molecule has 15 heavy (non-hydrogen) atoms. The van der Waals surface area contributed by atoms with Gasteiger partial charge in [-0.05, 0) is 38.0 Å². The average Bonchev–Trinajstić information content (AvgIpc) is 2.79. The van der Waals surface area contributed by atoms with Gasteiger partial charge in [-0.1, -0.05) is 24.6 Å². The zero-order valence-electron chi connectivity index (χ0n) is 9.51. The van der Waals surface area contributed by atoms with Crippen LogP contribution in [0.15, 0.2) is 4.99 Å². The molecule has 84 valence electrons. The molecule has 0 bridgehead atoms. The van der Waals surface area contributed by atoms with Gasteiger partial charge >= 0.3 is 0 Å². The van der Waals surface area contributed by atoms with E-state index in [2.05, 4.69) is 12.2 Å². The summed E-state index contributed by atoms with van der Waals surface area (Å²) in [5, 5.41) is 4.80. The van der Waals surface area contributed by atoms with E-state index in [1.807, 2.05) is 11.8 Å². The number of hydrogen-bond acceptors (Lipinski definition) is 3. The van der Waals surface area contributed by atoms with Crippen molar-refractivity contribution < 1.29 is 0 Å². The molecular weight excluding hydrogens is 204 g/mol. The van der Waals surface area contributed by atoms with Crippen molar-refractivity contribution in [3.05, 3.63) is 0 Å². The van der Waals surface area contributed by atoms with Crippen molar-refractivity contribution in [2.45, 2.75) is 51.0 Å². The Kier molecular flexibility index (Phi) is 2.27. The molecule has 1 N–H and O–H groups in total. The van der Waals surface area contributed by atoms with Crippen LogP contribution in [0.2, 0.25) is 0 Å². The Bertz CT molecular complexity index is 288. The summed E-state index contributed by atoms with van der Waals surface area (Å²) in [7, 11) is 0. The summed E-state index contributed by atoms with van der Waals surface area (Å²) in [6.45, 7) is 3.38. The Morgan fingerprint density at radius 3 is 2.47 bits per heavy atom. The number of rotatable bonds is 1. The van der Waals surface area contributed by atoms with E-state index in [-0.39, 0.29) is 0 Å². The van der Waals surface area contributed by atoms with Gasteiger partial charge < -0.3 is 5.32 Å². The molecule has 3 heteroatoms. The maximum Gasteiger partial charge on any atom is 0.157 e. The largest absolute Gasteiger partial charge is 0.360 e. The van der Waals surface area contributed by atoms with E-state index in [0.717, 1.165) is 6.54 Å². The predicted octanol–water partition coefficient (Wildman–Crippen LogP) is 2.79. The van der Waals surface area contributed by atoms with Gasteiger partial charge in [0.15, 0.2) is 5.17 Å². The van der Waals surface area contributed by atoms with Gasteiger partial charge in [-0.3, -0.25) is 4.99 Å². The Balaban J connectivity index is 1.62. The summed E-state index contributed by atoms with van der Waals surface area (Å²) in [4.78, 5) is 4.76. The molecular formula is C12H20N2S. The topological polar surface area (TPSA) is 24.4 Å². The van der Waals surface area contributed by atoms with Crippen LogP contribution < -0.4 is 5.32 Å². The van der Waals surface area contributed by atoms with Crippen LogP contribution in [0, 0.1) is 5.41 Å². The molecule has 1 heterocycles. The molecule has 2 nitrogen and oxygen atoms in total. The first kappa shape index (κ1) is 10.0. The van der Waals surface area contributed by atoms with E-state index in [9.17, 15) is 0 Å². The fourth-order valence-corrected chi connectivity index (χ4v) is 3.92. The minimum atomic E-state index is 0.395. The fourth-order valence-electron chi connectivity index (χ4n) is 2.63. The lowest BCUT2D eigenvalue weighted by molar-refractivity contribution is 0.358. The maximum atomic E-state index is 4.76. The summed E-state index contributed by atoms with van der Waals surface area (Å²) in [5.41, 5.74) is 0.978. The molecule has 0 aromatic heterocycles. The van der Waals surface area contributed by atoms with Gasteiger partial charge in [0.2, 0.25) is 0 Å². The molecule has 1 aliphatic heterocycles. The standard InChI is InChI=1S/C12H20N2S/c1-11(6-7-11)14-10-13-8-12(9-15-10)4-2-3-5-12/h2-9H2,1H3,(H,13,14). The van der Waals surface area contributed by atoms with E-state index in [1.54, 1.807) is 0 Å². The third-order valence-electron chi connectivity index (χ3n) is 4.15. The molecule has 0 aromatic carbocycles. The minimum absolute atomic E-state index is 0.395. The Morgan fingerprint density at radius 1 is 1.20 bits per heavy atom. The van der Waals surface area contributed by atoms with Crippen molar-refractivity contribution in [1.29, 1.82) is 0 Å². The van der Waals surface area contributed by atoms with Gasteiger partial charge in [0.05, 0.1) is 0 Å². The third kappa shape index (κ3) is 2.03. The third-order valence-corrected chi connectivity index (χ3v) is 5.41. The number of hydrogen-bond donors (Lipinski definition) is 1. The summed E-state index contributed by atoms with van der Waals surface area (Å²) in [5.74, 6) is 1.30. The quantitative estimate of drug-likeness (QED) is 0.740. The maximum absolute atomic E-state index is 4.76. The molecule has 0 saturated heterocycles. The van der Waals surface area contributed by atoms with Crippen LogP contribution >= 0.6 is 11.8 Å². The minimum Gasteiger partial charge on any atom is -0.360 e. The molecule has 0 atom stereocenters. The van der Waals surface area contributed by atoms with Gasteiger partial charge in [-0.25, -0.2) is 0 Å². The van der Waals surface area contributed by atoms with Gasteiger partial charge in [0, 0.05) is 17.8 Å². The van der Waals surface area contributed by atoms with Gasteiger partial charge in [0.1, 0.15) is 0 Å². The number of thioether (sulfide) groups is 1. The highest BCUT2D eigenvalue weighted by molar-refractivity contribution is 8.13. The molecule has 2 fully saturated rings. The van der Waals surface area contributed by atoms with Gasteiger partial charge in [-0.2, -0.15) is 0 Å². The van der Waals surface area contributed by atoms with Crippen LogP contribution in [0.5, 0.6) is 0 Å². The number of nitrogens with one attached hydrogen (secondary N) is 1. The van der Waals surface area contributed by atoms with E-state index in [4.69, 9.17) is 4.99 Å². The second kappa shape index (κ2) is 3.41. The van der Waals surface area contributed by atoms with Gasteiger partial charge in [-0.15, -0.1) is 0 Å². The van der Waals surface area contributed by atoms with E-state index < -0.39 is 0 Å². The summed E-state index contributed by atoms with van der Waals surface area (Å²) in [6, 6.07) is 0. The predicted molar refractivity (Wildman–Crippen MR) is 66.4 cm³/mol. The molecule has 0 aromatic rings. The number of aliphatic imine (C=N–C) groups is 1. The second-order valence-corrected chi connectivity index (χ2v) is 6.77. The SMILES string of the molecule is CC1(NC2=NCC3(CCCC3)CS2)CC1. The Labute approximate surface area is 96.3 Å². The smallest absolute Gasteiger partial charge is 0.157 e. The first-order valence-corrected chi connectivity index (χ1v) is 7.14. The van der Waals surface area contributed by atoms with Crippen LogP contribution in [0.1, 0.15) is 45.4 Å². The number of nitrogens with zero attached hydrogens (tertiary/aromatic N) is 1. The monoisotopic (exact) mass is 224 g/mol. The van der Waals surface area contributed by atoms with Gasteiger partial charge in [0.25, 0.3) is 0 Å². The van der Waals surface area contributed by atoms with Crippen molar-refractivity contribution in [3.8, 4) is 0 Å². The van der Waals surface area contributed by atoms with Crippen molar-refractivity contribution in [2.24, 2.45) is 10.4 Å². The van der Waals surface area contributed by atoms with Crippen LogP contribution in [0.25, 0.3) is 0 Å². The molecule has 1 spiro atoms. The van der Waals surface area contributed by atoms with E-state index >= 15 is 0 Å². The molecule has 3 rings (SSSR count). The van der Waals surface area contributed by atoms with E-state index in [0.29, 0.717) is 11.0 Å². The van der Waals surface area contributed by atoms with Crippen LogP contribution in [-0.2, 0) is 0 Å². The van der Waals surface area contributed by atoms with Crippen molar-refractivity contribution >= 4 is 16.9 Å². The van der Waals surface area contributed by atoms with Crippen molar-refractivity contribution in [3.63, 3.8) is 0 Å². The van der Waals surface area contributed by atoms with Crippen molar-refractivity contribution in [2.75, 3.05) is 12.3 Å². The van der Waals surface area contributed by atoms with Crippen LogP contribution in [0.3, 0.4) is 0 Å². The van der Waals surface area contributed by atoms with E-state index in [1.165, 1.54) is 49.4 Å². The first-order chi connectivity index (χ1) is 7.20. The molecule has 0 amide bonds. The first-order valence-electron chi connectivity index (χ1n) is 6.15. The highest BCUT2D eigenvalue weighted by Crippen LogP contribution is 2.44. The average molecular weight is 224 g/mol. The Morgan fingerprint density at radius 2 is 1.93 bits per heavy atom. The number of amidine groups is 1. The zero-order valence-corrected chi connectivity index (χ0v) is 10.3. The zero-order chi connectivity index (χ0) is 10.4. The normalized spacial score (nSPS) is 31.4. The lowest BCUT2D eigenvalue weighted by Crippen LogP contribution is -2.38. The second-order valence-electron chi connectivity index (χ2n) is 5.80. The fraction of sp³-hybridized carbons (Fsp3) is 0.917. The molecule has 0 unspecified atom stereocenters. The molecule has 2 aliphatic carbocycles. The van der Waals surface area contributed by atoms with Crippen LogP contribution in [-0.4, -0.2) is 23.0 Å². The highest BCUT2D eigenvalue weighted by atomic mass is 32.2. The highest BCUT2D eigenvalue weighted by Gasteiger charge is 2.41. The van der Waals surface area contributed by atoms with Crippen molar-refractivity contribution in [1.82, 2.24) is 5.32 Å². The molecule has 3 aliphatic rings. The van der Waals surface area contributed by atoms with Crippen LogP contribution in [0.4, 0.5) is 0 Å². The lowest BCUT2D eigenvalue weighted by atomic mass is 9.89. The molecule has 0 radical (unpaired) electrons.